The van der Waals surface area contributed by atoms with Gasteiger partial charge >= 0.3 is 0 Å². The minimum Gasteiger partial charge on any atom is -0.396 e. The average molecular weight is 201 g/mol. The van der Waals surface area contributed by atoms with Crippen molar-refractivity contribution in [2.24, 2.45) is 0 Å². The lowest BCUT2D eigenvalue weighted by molar-refractivity contribution is 0.0992. The van der Waals surface area contributed by atoms with Gasteiger partial charge in [0.25, 0.3) is 0 Å². The molecule has 2 rings (SSSR count). The van der Waals surface area contributed by atoms with Crippen molar-refractivity contribution in [3.8, 4) is 0 Å². The molecular weight excluding hydrogens is 190 g/mol. The molecule has 0 unspecified atom stereocenters. The van der Waals surface area contributed by atoms with Crippen molar-refractivity contribution < 1.29 is 4.79 Å². The highest BCUT2D eigenvalue weighted by Gasteiger charge is 2.10. The Kier molecular flexibility index (Phi) is 2.49. The number of H-pyrrole nitrogens is 1. The van der Waals surface area contributed by atoms with Gasteiger partial charge in [-0.3, -0.25) is 9.89 Å². The zero-order valence-electron chi connectivity index (χ0n) is 8.10. The third kappa shape index (κ3) is 2.04. The van der Waals surface area contributed by atoms with Gasteiger partial charge in [0, 0.05) is 11.8 Å². The number of rotatable bonds is 3. The predicted octanol–water partition coefficient (Wildman–Crippen LogP) is 1.42. The number of aromatic amines is 1. The first kappa shape index (κ1) is 9.45. The number of hydrogen-bond acceptors (Lipinski definition) is 3. The molecule has 0 spiro atoms. The Balaban J connectivity index is 2.15. The maximum absolute atomic E-state index is 11.8. The maximum atomic E-state index is 11.8. The Bertz CT molecular complexity index is 462. The maximum Gasteiger partial charge on any atom is 0.168 e. The molecule has 4 heteroatoms. The number of ketones is 1. The summed E-state index contributed by atoms with van der Waals surface area (Å²) in [5, 5.41) is 6.54. The SMILES string of the molecule is Nc1c[nH]nc1CC(=O)c1ccccc1. The number of Topliss-reactive ketones (excluding diaryl/α,β-unsaturated/α-hetero) is 1. The summed E-state index contributed by atoms with van der Waals surface area (Å²) in [4.78, 5) is 11.8. The van der Waals surface area contributed by atoms with Crippen molar-refractivity contribution in [2.45, 2.75) is 6.42 Å². The highest BCUT2D eigenvalue weighted by molar-refractivity contribution is 5.97. The molecule has 1 heterocycles. The fraction of sp³-hybridized carbons (Fsp3) is 0.0909. The molecule has 0 aliphatic carbocycles. The third-order valence-corrected chi connectivity index (χ3v) is 2.18. The predicted molar refractivity (Wildman–Crippen MR) is 57.5 cm³/mol. The summed E-state index contributed by atoms with van der Waals surface area (Å²) in [6.07, 6.45) is 1.81. The first-order chi connectivity index (χ1) is 7.27. The van der Waals surface area contributed by atoms with E-state index in [-0.39, 0.29) is 12.2 Å². The van der Waals surface area contributed by atoms with Crippen LogP contribution in [0.2, 0.25) is 0 Å². The fourth-order valence-corrected chi connectivity index (χ4v) is 1.35. The quantitative estimate of drug-likeness (QED) is 0.737. The van der Waals surface area contributed by atoms with E-state index in [1.165, 1.54) is 0 Å². The highest BCUT2D eigenvalue weighted by Crippen LogP contribution is 2.10. The van der Waals surface area contributed by atoms with Gasteiger partial charge < -0.3 is 5.73 Å². The van der Waals surface area contributed by atoms with Gasteiger partial charge in [-0.2, -0.15) is 5.10 Å². The second-order valence-electron chi connectivity index (χ2n) is 3.25. The molecule has 0 radical (unpaired) electrons. The van der Waals surface area contributed by atoms with Crippen LogP contribution in [-0.4, -0.2) is 16.0 Å². The van der Waals surface area contributed by atoms with Crippen molar-refractivity contribution in [1.29, 1.82) is 0 Å². The molecular formula is C11H11N3O. The van der Waals surface area contributed by atoms with Crippen LogP contribution in [0.5, 0.6) is 0 Å². The summed E-state index contributed by atoms with van der Waals surface area (Å²) in [7, 11) is 0. The average Bonchev–Trinajstić information content (AvgIpc) is 2.66. The van der Waals surface area contributed by atoms with Crippen LogP contribution < -0.4 is 5.73 Å². The number of carbonyl (C=O) groups excluding carboxylic acids is 1. The molecule has 0 aliphatic heterocycles. The summed E-state index contributed by atoms with van der Waals surface area (Å²) in [5.74, 6) is 0.0226. The van der Waals surface area contributed by atoms with Crippen molar-refractivity contribution >= 4 is 11.5 Å². The lowest BCUT2D eigenvalue weighted by Gasteiger charge is -1.98. The summed E-state index contributed by atoms with van der Waals surface area (Å²) >= 11 is 0. The van der Waals surface area contributed by atoms with Gasteiger partial charge in [0.1, 0.15) is 0 Å². The summed E-state index contributed by atoms with van der Waals surface area (Å²) in [6.45, 7) is 0. The molecule has 1 aromatic heterocycles. The van der Waals surface area contributed by atoms with E-state index in [9.17, 15) is 4.79 Å². The molecule has 0 atom stereocenters. The van der Waals surface area contributed by atoms with Crippen LogP contribution in [0.4, 0.5) is 5.69 Å². The molecule has 76 valence electrons. The standard InChI is InChI=1S/C11H11N3O/c12-9-7-13-14-10(9)6-11(15)8-4-2-1-3-5-8/h1-5,7H,6,12H2,(H,13,14). The van der Waals surface area contributed by atoms with Crippen LogP contribution in [0.3, 0.4) is 0 Å². The van der Waals surface area contributed by atoms with Gasteiger partial charge in [-0.15, -0.1) is 0 Å². The number of nitrogen functional groups attached to an aromatic ring is 1. The van der Waals surface area contributed by atoms with Gasteiger partial charge in [0.15, 0.2) is 5.78 Å². The van der Waals surface area contributed by atoms with Gasteiger partial charge in [0.2, 0.25) is 0 Å². The van der Waals surface area contributed by atoms with Crippen molar-refractivity contribution in [1.82, 2.24) is 10.2 Å². The van der Waals surface area contributed by atoms with Crippen LogP contribution in [0.25, 0.3) is 0 Å². The molecule has 15 heavy (non-hydrogen) atoms. The number of anilines is 1. The van der Waals surface area contributed by atoms with Gasteiger partial charge in [-0.25, -0.2) is 0 Å². The first-order valence-corrected chi connectivity index (χ1v) is 4.64. The molecule has 0 fully saturated rings. The molecule has 0 amide bonds. The molecule has 1 aromatic carbocycles. The minimum atomic E-state index is 0.0226. The lowest BCUT2D eigenvalue weighted by atomic mass is 10.1. The zero-order valence-corrected chi connectivity index (χ0v) is 8.10. The number of hydrogen-bond donors (Lipinski definition) is 2. The molecule has 4 nitrogen and oxygen atoms in total. The number of nitrogens with zero attached hydrogens (tertiary/aromatic N) is 1. The van der Waals surface area contributed by atoms with Gasteiger partial charge in [-0.05, 0) is 0 Å². The van der Waals surface area contributed by atoms with Crippen molar-refractivity contribution in [2.75, 3.05) is 5.73 Å². The molecule has 0 saturated heterocycles. The molecule has 0 saturated carbocycles. The minimum absolute atomic E-state index is 0.0226. The highest BCUT2D eigenvalue weighted by atomic mass is 16.1. The van der Waals surface area contributed by atoms with E-state index >= 15 is 0 Å². The Morgan fingerprint density at radius 1 is 1.33 bits per heavy atom. The van der Waals surface area contributed by atoms with E-state index in [0.717, 1.165) is 0 Å². The normalized spacial score (nSPS) is 10.1. The topological polar surface area (TPSA) is 71.8 Å². The third-order valence-electron chi connectivity index (χ3n) is 2.18. The van der Waals surface area contributed by atoms with Crippen LogP contribution in [0.15, 0.2) is 36.5 Å². The van der Waals surface area contributed by atoms with Crippen molar-refractivity contribution in [3.05, 3.63) is 47.8 Å². The van der Waals surface area contributed by atoms with Crippen LogP contribution in [-0.2, 0) is 6.42 Å². The Labute approximate surface area is 87.1 Å². The number of aromatic nitrogens is 2. The molecule has 0 aliphatic rings. The van der Waals surface area contributed by atoms with Crippen LogP contribution >= 0.6 is 0 Å². The van der Waals surface area contributed by atoms with Crippen LogP contribution in [0.1, 0.15) is 16.1 Å². The van der Waals surface area contributed by atoms with E-state index in [1.54, 1.807) is 18.3 Å². The number of benzene rings is 1. The number of nitrogens with one attached hydrogen (secondary N) is 1. The van der Waals surface area contributed by atoms with Gasteiger partial charge in [0.05, 0.1) is 17.8 Å². The second-order valence-corrected chi connectivity index (χ2v) is 3.25. The van der Waals surface area contributed by atoms with E-state index in [1.807, 2.05) is 18.2 Å². The van der Waals surface area contributed by atoms with E-state index < -0.39 is 0 Å². The largest absolute Gasteiger partial charge is 0.396 e. The summed E-state index contributed by atoms with van der Waals surface area (Å²) < 4.78 is 0. The Morgan fingerprint density at radius 2 is 2.07 bits per heavy atom. The summed E-state index contributed by atoms with van der Waals surface area (Å²) in [5.41, 5.74) is 7.43. The monoisotopic (exact) mass is 201 g/mol. The molecule has 0 bridgehead atoms. The van der Waals surface area contributed by atoms with Crippen molar-refractivity contribution in [3.63, 3.8) is 0 Å². The number of nitrogens with two attached hydrogens (primary N) is 1. The zero-order chi connectivity index (χ0) is 10.7. The van der Waals surface area contributed by atoms with Crippen LogP contribution in [0, 0.1) is 0 Å². The van der Waals surface area contributed by atoms with Gasteiger partial charge in [-0.1, -0.05) is 30.3 Å². The van der Waals surface area contributed by atoms with E-state index in [4.69, 9.17) is 5.73 Å². The first-order valence-electron chi connectivity index (χ1n) is 4.64. The second kappa shape index (κ2) is 3.96. The fourth-order valence-electron chi connectivity index (χ4n) is 1.35. The van der Waals surface area contributed by atoms with E-state index in [0.29, 0.717) is 16.9 Å². The number of carbonyl (C=O) groups is 1. The molecule has 2 aromatic rings. The smallest absolute Gasteiger partial charge is 0.168 e. The lowest BCUT2D eigenvalue weighted by Crippen LogP contribution is -2.05. The Hall–Kier alpha value is -2.10. The molecule has 3 N–H and O–H groups in total. The van der Waals surface area contributed by atoms with E-state index in [2.05, 4.69) is 10.2 Å². The summed E-state index contributed by atoms with van der Waals surface area (Å²) in [6, 6.07) is 9.11. The Morgan fingerprint density at radius 3 is 2.67 bits per heavy atom.